The zero-order chi connectivity index (χ0) is 10.8. The zero-order valence-electron chi connectivity index (χ0n) is 10.2. The van der Waals surface area contributed by atoms with Gasteiger partial charge >= 0.3 is 0 Å². The van der Waals surface area contributed by atoms with Gasteiger partial charge in [-0.15, -0.1) is 0 Å². The summed E-state index contributed by atoms with van der Waals surface area (Å²) < 4.78 is 0. The molecule has 2 rings (SSSR count). The molecular formula is C13H25NO. The van der Waals surface area contributed by atoms with Crippen LogP contribution in [-0.4, -0.2) is 35.2 Å². The van der Waals surface area contributed by atoms with Crippen molar-refractivity contribution in [3.05, 3.63) is 0 Å². The molecule has 2 unspecified atom stereocenters. The third-order valence-electron chi connectivity index (χ3n) is 3.98. The highest BCUT2D eigenvalue weighted by Gasteiger charge is 2.34. The predicted octanol–water partition coefficient (Wildman–Crippen LogP) is 2.27. The lowest BCUT2D eigenvalue weighted by atomic mass is 10.0. The molecule has 88 valence electrons. The Morgan fingerprint density at radius 3 is 2.40 bits per heavy atom. The van der Waals surface area contributed by atoms with Crippen molar-refractivity contribution in [3.63, 3.8) is 0 Å². The van der Waals surface area contributed by atoms with E-state index in [1.165, 1.54) is 32.2 Å². The van der Waals surface area contributed by atoms with E-state index in [0.717, 1.165) is 24.9 Å². The van der Waals surface area contributed by atoms with Crippen LogP contribution in [0, 0.1) is 11.8 Å². The molecule has 2 nitrogen and oxygen atoms in total. The predicted molar refractivity (Wildman–Crippen MR) is 62.8 cm³/mol. The molecule has 2 heteroatoms. The van der Waals surface area contributed by atoms with Gasteiger partial charge in [0.05, 0.1) is 6.10 Å². The van der Waals surface area contributed by atoms with Crippen LogP contribution in [0.3, 0.4) is 0 Å². The first-order chi connectivity index (χ1) is 7.20. The Labute approximate surface area is 93.7 Å². The number of aliphatic hydroxyl groups excluding tert-OH is 1. The fraction of sp³-hybridized carbons (Fsp3) is 1.00. The monoisotopic (exact) mass is 211 g/mol. The topological polar surface area (TPSA) is 23.5 Å². The van der Waals surface area contributed by atoms with Gasteiger partial charge in [0.1, 0.15) is 0 Å². The van der Waals surface area contributed by atoms with Gasteiger partial charge in [-0.05, 0) is 37.5 Å². The van der Waals surface area contributed by atoms with Crippen LogP contribution in [0.1, 0.15) is 46.0 Å². The van der Waals surface area contributed by atoms with Gasteiger partial charge in [-0.3, -0.25) is 4.90 Å². The lowest BCUT2D eigenvalue weighted by Crippen LogP contribution is -2.38. The van der Waals surface area contributed by atoms with Crippen molar-refractivity contribution >= 4 is 0 Å². The minimum absolute atomic E-state index is 0.116. The highest BCUT2D eigenvalue weighted by atomic mass is 16.3. The Bertz CT molecular complexity index is 199. The third kappa shape index (κ3) is 3.46. The van der Waals surface area contributed by atoms with Crippen LogP contribution >= 0.6 is 0 Å². The fourth-order valence-corrected chi connectivity index (χ4v) is 2.14. The highest BCUT2D eigenvalue weighted by molar-refractivity contribution is 4.89. The summed E-state index contributed by atoms with van der Waals surface area (Å²) in [5.74, 6) is 1.40. The molecule has 1 N–H and O–H groups in total. The molecule has 2 fully saturated rings. The van der Waals surface area contributed by atoms with E-state index in [4.69, 9.17) is 0 Å². The van der Waals surface area contributed by atoms with E-state index < -0.39 is 0 Å². The first-order valence-electron chi connectivity index (χ1n) is 6.62. The van der Waals surface area contributed by atoms with Crippen LogP contribution < -0.4 is 0 Å². The number of nitrogens with zero attached hydrogens (tertiary/aromatic N) is 1. The van der Waals surface area contributed by atoms with E-state index in [2.05, 4.69) is 18.7 Å². The van der Waals surface area contributed by atoms with Crippen LogP contribution in [0.4, 0.5) is 0 Å². The van der Waals surface area contributed by atoms with Gasteiger partial charge in [-0.2, -0.15) is 0 Å². The van der Waals surface area contributed by atoms with Crippen LogP contribution in [0.15, 0.2) is 0 Å². The van der Waals surface area contributed by atoms with Crippen molar-refractivity contribution in [2.75, 3.05) is 13.1 Å². The van der Waals surface area contributed by atoms with Crippen molar-refractivity contribution in [2.24, 2.45) is 11.8 Å². The molecule has 2 aliphatic carbocycles. The second kappa shape index (κ2) is 4.84. The molecule has 0 saturated heterocycles. The quantitative estimate of drug-likeness (QED) is 0.698. The molecular weight excluding hydrogens is 186 g/mol. The maximum Gasteiger partial charge on any atom is 0.0692 e. The lowest BCUT2D eigenvalue weighted by molar-refractivity contribution is 0.0634. The molecule has 2 aliphatic rings. The molecule has 0 aromatic heterocycles. The average molecular weight is 211 g/mol. The summed E-state index contributed by atoms with van der Waals surface area (Å²) >= 11 is 0. The Balaban J connectivity index is 1.76. The molecule has 0 amide bonds. The molecule has 0 aliphatic heterocycles. The maximum atomic E-state index is 10.1. The summed E-state index contributed by atoms with van der Waals surface area (Å²) in [6, 6.07) is 0.810. The zero-order valence-corrected chi connectivity index (χ0v) is 10.2. The molecule has 2 atom stereocenters. The van der Waals surface area contributed by atoms with Crippen molar-refractivity contribution in [3.8, 4) is 0 Å². The minimum Gasteiger partial charge on any atom is -0.392 e. The number of hydrogen-bond donors (Lipinski definition) is 1. The molecule has 0 heterocycles. The van der Waals surface area contributed by atoms with Crippen LogP contribution in [0.25, 0.3) is 0 Å². The normalized spacial score (nSPS) is 25.6. The first kappa shape index (κ1) is 11.4. The number of aliphatic hydroxyl groups is 1. The lowest BCUT2D eigenvalue weighted by Gasteiger charge is -2.27. The van der Waals surface area contributed by atoms with E-state index in [-0.39, 0.29) is 6.10 Å². The van der Waals surface area contributed by atoms with Gasteiger partial charge in [0.15, 0.2) is 0 Å². The average Bonchev–Trinajstić information content (AvgIpc) is 3.05. The summed E-state index contributed by atoms with van der Waals surface area (Å²) in [7, 11) is 0. The molecule has 0 aromatic rings. The van der Waals surface area contributed by atoms with Gasteiger partial charge in [0.25, 0.3) is 0 Å². The van der Waals surface area contributed by atoms with Gasteiger partial charge in [0.2, 0.25) is 0 Å². The first-order valence-corrected chi connectivity index (χ1v) is 6.62. The van der Waals surface area contributed by atoms with Crippen molar-refractivity contribution < 1.29 is 5.11 Å². The minimum atomic E-state index is -0.116. The number of rotatable bonds is 7. The summed E-state index contributed by atoms with van der Waals surface area (Å²) in [5.41, 5.74) is 0. The van der Waals surface area contributed by atoms with Crippen LogP contribution in [-0.2, 0) is 0 Å². The highest BCUT2D eigenvalue weighted by Crippen LogP contribution is 2.35. The molecule has 0 spiro atoms. The van der Waals surface area contributed by atoms with Crippen LogP contribution in [0.2, 0.25) is 0 Å². The standard InChI is InChI=1S/C13H25NO/c1-3-10(2)13(15)9-14(12-6-7-12)8-11-4-5-11/h10-13,15H,3-9H2,1-2H3. The second-order valence-electron chi connectivity index (χ2n) is 5.58. The largest absolute Gasteiger partial charge is 0.392 e. The van der Waals surface area contributed by atoms with Crippen LogP contribution in [0.5, 0.6) is 0 Å². The van der Waals surface area contributed by atoms with Gasteiger partial charge in [-0.1, -0.05) is 20.3 Å². The van der Waals surface area contributed by atoms with Gasteiger partial charge in [-0.25, -0.2) is 0 Å². The van der Waals surface area contributed by atoms with Crippen molar-refractivity contribution in [1.82, 2.24) is 4.90 Å². The molecule has 15 heavy (non-hydrogen) atoms. The molecule has 0 radical (unpaired) electrons. The van der Waals surface area contributed by atoms with Crippen molar-refractivity contribution in [1.29, 1.82) is 0 Å². The summed E-state index contributed by atoms with van der Waals surface area (Å²) in [4.78, 5) is 2.55. The Kier molecular flexibility index (Phi) is 3.68. The smallest absolute Gasteiger partial charge is 0.0692 e. The Morgan fingerprint density at radius 1 is 1.27 bits per heavy atom. The fourth-order valence-electron chi connectivity index (χ4n) is 2.14. The second-order valence-corrected chi connectivity index (χ2v) is 5.58. The van der Waals surface area contributed by atoms with E-state index in [1.54, 1.807) is 0 Å². The number of hydrogen-bond acceptors (Lipinski definition) is 2. The SMILES string of the molecule is CCC(C)C(O)CN(CC1CC1)C1CC1. The van der Waals surface area contributed by atoms with Crippen molar-refractivity contribution in [2.45, 2.75) is 58.1 Å². The third-order valence-corrected chi connectivity index (χ3v) is 3.98. The summed E-state index contributed by atoms with van der Waals surface area (Å²) in [6.45, 7) is 6.48. The Hall–Kier alpha value is -0.0800. The summed E-state index contributed by atoms with van der Waals surface area (Å²) in [5, 5.41) is 10.1. The van der Waals surface area contributed by atoms with E-state index in [1.807, 2.05) is 0 Å². The van der Waals surface area contributed by atoms with Gasteiger partial charge in [0, 0.05) is 19.1 Å². The van der Waals surface area contributed by atoms with E-state index in [0.29, 0.717) is 5.92 Å². The van der Waals surface area contributed by atoms with E-state index in [9.17, 15) is 5.11 Å². The molecule has 0 bridgehead atoms. The maximum absolute atomic E-state index is 10.1. The van der Waals surface area contributed by atoms with E-state index >= 15 is 0 Å². The Morgan fingerprint density at radius 2 is 1.93 bits per heavy atom. The van der Waals surface area contributed by atoms with Gasteiger partial charge < -0.3 is 5.11 Å². The molecule has 2 saturated carbocycles. The molecule has 0 aromatic carbocycles. The summed E-state index contributed by atoms with van der Waals surface area (Å²) in [6.07, 6.45) is 6.53.